The van der Waals surface area contributed by atoms with E-state index in [1.165, 1.54) is 18.2 Å². The third-order valence-corrected chi connectivity index (χ3v) is 3.56. The molecule has 0 N–H and O–H groups in total. The third-order valence-electron chi connectivity index (χ3n) is 3.01. The van der Waals surface area contributed by atoms with Gasteiger partial charge in [0.1, 0.15) is 0 Å². The molecule has 1 rings (SSSR count). The van der Waals surface area contributed by atoms with E-state index in [2.05, 4.69) is 43.3 Å². The number of hydrogen-bond acceptors (Lipinski definition) is 6. The minimum atomic E-state index is -0.187. The zero-order valence-corrected chi connectivity index (χ0v) is 21.3. The molecule has 0 spiro atoms. The monoisotopic (exact) mass is 554 g/mol. The first-order valence-electron chi connectivity index (χ1n) is 8.79. The Morgan fingerprint density at radius 2 is 1.81 bits per heavy atom. The summed E-state index contributed by atoms with van der Waals surface area (Å²) in [7, 11) is 0. The van der Waals surface area contributed by atoms with Crippen LogP contribution in [0.1, 0.15) is 26.7 Å². The van der Waals surface area contributed by atoms with Crippen molar-refractivity contribution in [3.63, 3.8) is 0 Å². The molecule has 0 radical (unpaired) electrons. The van der Waals surface area contributed by atoms with Crippen LogP contribution in [-0.2, 0) is 58.5 Å². The fourth-order valence-electron chi connectivity index (χ4n) is 1.94. The van der Waals surface area contributed by atoms with Crippen molar-refractivity contribution in [1.82, 2.24) is 4.90 Å². The van der Waals surface area contributed by atoms with E-state index in [4.69, 9.17) is 34.8 Å². The summed E-state index contributed by atoms with van der Waals surface area (Å²) in [6.07, 6.45) is 11.2. The van der Waals surface area contributed by atoms with Gasteiger partial charge in [-0.05, 0) is 39.4 Å². The van der Waals surface area contributed by atoms with Gasteiger partial charge in [-0.3, -0.25) is 6.26 Å². The van der Waals surface area contributed by atoms with Gasteiger partial charge >= 0.3 is 62.2 Å². The zero-order valence-electron chi connectivity index (χ0n) is 17.8. The molecule has 11 heteroatoms. The summed E-state index contributed by atoms with van der Waals surface area (Å²) >= 11 is 7.38. The zero-order chi connectivity index (χ0) is 25.3. The van der Waals surface area contributed by atoms with Crippen LogP contribution >= 0.6 is 11.8 Å². The van der Waals surface area contributed by atoms with Crippen molar-refractivity contribution in [1.29, 1.82) is 0 Å². The maximum absolute atomic E-state index is 10.9. The third kappa shape index (κ3) is 34.1. The number of carbonyl (C=O) groups excluding carboxylic acids is 1. The van der Waals surface area contributed by atoms with Gasteiger partial charge in [0.25, 0.3) is 0 Å². The van der Waals surface area contributed by atoms with Crippen LogP contribution in [0.5, 0.6) is 0 Å². The van der Waals surface area contributed by atoms with Crippen LogP contribution in [0.3, 0.4) is 0 Å². The predicted molar refractivity (Wildman–Crippen MR) is 116 cm³/mol. The molecule has 0 aromatic carbocycles. The summed E-state index contributed by atoms with van der Waals surface area (Å²) in [6, 6.07) is 0. The van der Waals surface area contributed by atoms with Gasteiger partial charge in [-0.25, -0.2) is 4.79 Å². The number of hydrogen-bond donors (Lipinski definition) is 0. The summed E-state index contributed by atoms with van der Waals surface area (Å²) < 4.78 is 35.5. The van der Waals surface area contributed by atoms with Gasteiger partial charge in [0, 0.05) is 5.57 Å². The summed E-state index contributed by atoms with van der Waals surface area (Å²) in [5.74, 6) is 1.45. The maximum atomic E-state index is 10.9. The number of rotatable bonds is 11. The molecule has 0 atom stereocenters. The Hall–Kier alpha value is -0.761. The van der Waals surface area contributed by atoms with Crippen LogP contribution in [-0.4, -0.2) is 55.3 Å². The molecule has 0 saturated heterocycles. The Kier molecular flexibility index (Phi) is 56.5. The molecule has 173 valence electrons. The molecular formula is C20H29N2O6S2Tc+. The van der Waals surface area contributed by atoms with Crippen LogP contribution in [0.25, 0.3) is 5.32 Å². The van der Waals surface area contributed by atoms with Crippen molar-refractivity contribution in [2.75, 3.05) is 44.4 Å². The van der Waals surface area contributed by atoms with Crippen LogP contribution in [0.2, 0.25) is 0 Å². The van der Waals surface area contributed by atoms with E-state index in [0.717, 1.165) is 68.7 Å². The number of allylic oxidation sites excluding steroid dienone is 3. The van der Waals surface area contributed by atoms with Crippen molar-refractivity contribution in [3.8, 4) is 0 Å². The molecule has 0 bridgehead atoms. The fraction of sp³-hybridized carbons (Fsp3) is 0.550. The van der Waals surface area contributed by atoms with Crippen LogP contribution in [0.15, 0.2) is 23.8 Å². The Morgan fingerprint density at radius 1 is 1.23 bits per heavy atom. The Bertz CT molecular complexity index is 480. The quantitative estimate of drug-likeness (QED) is 0.127. The molecule has 1 aliphatic rings. The van der Waals surface area contributed by atoms with Crippen LogP contribution < -0.4 is 0 Å². The first kappa shape index (κ1) is 40.6. The Labute approximate surface area is 207 Å². The predicted octanol–water partition coefficient (Wildman–Crippen LogP) is 3.30. The van der Waals surface area contributed by atoms with Gasteiger partial charge in [0.15, 0.2) is 0 Å². The van der Waals surface area contributed by atoms with Crippen molar-refractivity contribution >= 4 is 30.4 Å². The molecule has 1 aliphatic carbocycles. The summed E-state index contributed by atoms with van der Waals surface area (Å²) in [6.45, 7) is 22.1. The van der Waals surface area contributed by atoms with Gasteiger partial charge in [-0.1, -0.05) is 25.2 Å². The SMILES string of the molecule is CCOC(=O)C1=CC=CC1.[C-]#[O+].[C-]#[O+].[C-]#[O+].[CH2-]SC[N-]CCN(CCC)CC[S-].[O]=[Tc+4]. The molecule has 8 nitrogen and oxygen atoms in total. The van der Waals surface area contributed by atoms with E-state index >= 15 is 0 Å². The normalized spacial score (nSPS) is 9.90. The number of carbonyl (C=O) groups is 1. The van der Waals surface area contributed by atoms with E-state index in [-0.39, 0.29) is 5.97 Å². The van der Waals surface area contributed by atoms with Gasteiger partial charge in [0.05, 0.1) is 6.61 Å². The van der Waals surface area contributed by atoms with Crippen LogP contribution in [0, 0.1) is 26.2 Å². The number of thioether (sulfide) groups is 1. The molecule has 0 aliphatic heterocycles. The molecule has 0 heterocycles. The van der Waals surface area contributed by atoms with Gasteiger partial charge < -0.3 is 39.3 Å². The van der Waals surface area contributed by atoms with Crippen molar-refractivity contribution < 1.29 is 45.8 Å². The molecule has 0 unspecified atom stereocenters. The second kappa shape index (κ2) is 43.2. The topological polar surface area (TPSA) is 120 Å². The second-order valence-corrected chi connectivity index (χ2v) is 5.95. The fourth-order valence-corrected chi connectivity index (χ4v) is 2.46. The van der Waals surface area contributed by atoms with Gasteiger partial charge in [-0.15, -0.1) is 12.4 Å². The van der Waals surface area contributed by atoms with Gasteiger partial charge in [0.2, 0.25) is 0 Å². The van der Waals surface area contributed by atoms with Crippen molar-refractivity contribution in [2.45, 2.75) is 26.7 Å². The summed E-state index contributed by atoms with van der Waals surface area (Å²) in [5, 5.41) is 4.32. The van der Waals surface area contributed by atoms with E-state index in [9.17, 15) is 4.79 Å². The molecular weight excluding hydrogens is 526 g/mol. The molecule has 0 aromatic rings. The number of nitrogens with zero attached hydrogens (tertiary/aromatic N) is 2. The first-order chi connectivity index (χ1) is 15.2. The second-order valence-electron chi connectivity index (χ2n) is 4.87. The van der Waals surface area contributed by atoms with E-state index in [0.29, 0.717) is 6.61 Å². The van der Waals surface area contributed by atoms with Crippen molar-refractivity contribution in [2.24, 2.45) is 0 Å². The van der Waals surface area contributed by atoms with Crippen LogP contribution in [0.4, 0.5) is 0 Å². The Morgan fingerprint density at radius 3 is 2.19 bits per heavy atom. The molecule has 0 aromatic heterocycles. The minimum absolute atomic E-state index is 0.187. The Balaban J connectivity index is -0.000000111. The average Bonchev–Trinajstić information content (AvgIpc) is 3.38. The van der Waals surface area contributed by atoms with Gasteiger partial charge in [-0.2, -0.15) is 5.75 Å². The first-order valence-corrected chi connectivity index (χ1v) is 11.3. The van der Waals surface area contributed by atoms with E-state index < -0.39 is 0 Å². The molecule has 0 amide bonds. The number of esters is 1. The molecule has 0 fully saturated rings. The molecule has 0 saturated carbocycles. The standard InChI is InChI=1S/C9H20N2S2.C8H10O2.3CO.O.Tc/c1-3-5-11(7-8-12)6-4-10-9-13-2;1-2-10-8(9)7-5-3-4-6-7;3*1-2;;/h12H,2-9H2,1H3;3-5H,2,6H2,1H3;;;;;/q-2;;;;;;+4/p-1. The van der Waals surface area contributed by atoms with E-state index in [1.807, 2.05) is 12.2 Å². The average molecular weight is 556 g/mol. The number of ether oxygens (including phenoxy) is 1. The van der Waals surface area contributed by atoms with Crippen molar-refractivity contribution in [3.05, 3.63) is 55.3 Å². The summed E-state index contributed by atoms with van der Waals surface area (Å²) in [4.78, 5) is 13.3. The van der Waals surface area contributed by atoms with E-state index in [1.54, 1.807) is 13.0 Å². The summed E-state index contributed by atoms with van der Waals surface area (Å²) in [5.41, 5.74) is 0.752. The molecule has 31 heavy (non-hydrogen) atoms.